The minimum absolute atomic E-state index is 0.0893. The SMILES string of the molecule is CCCCC(CC)COCC(O)CNC1CC(O)C1(C)C. The van der Waals surface area contributed by atoms with Gasteiger partial charge in [-0.25, -0.2) is 0 Å². The number of rotatable bonds is 11. The number of aliphatic hydroxyl groups is 2. The van der Waals surface area contributed by atoms with E-state index in [9.17, 15) is 10.2 Å². The Bertz CT molecular complexity index is 283. The third-order valence-electron chi connectivity index (χ3n) is 5.02. The standard InChI is InChI=1S/C17H35NO3/c1-5-7-8-13(6-2)11-21-12-14(19)10-18-15-9-16(20)17(15,3)4/h13-16,18-20H,5-12H2,1-4H3. The average Bonchev–Trinajstić information content (AvgIpc) is 2.46. The summed E-state index contributed by atoms with van der Waals surface area (Å²) in [5.41, 5.74) is -0.0893. The summed E-state index contributed by atoms with van der Waals surface area (Å²) in [5, 5.41) is 23.0. The lowest BCUT2D eigenvalue weighted by atomic mass is 9.64. The summed E-state index contributed by atoms with van der Waals surface area (Å²) in [6, 6.07) is 0.287. The monoisotopic (exact) mass is 301 g/mol. The Labute approximate surface area is 130 Å². The maximum absolute atomic E-state index is 9.97. The Kier molecular flexibility index (Phi) is 8.17. The molecule has 0 spiro atoms. The molecule has 1 aliphatic carbocycles. The summed E-state index contributed by atoms with van der Waals surface area (Å²) in [5.74, 6) is 0.617. The molecule has 0 aliphatic heterocycles. The Morgan fingerprint density at radius 3 is 2.52 bits per heavy atom. The molecule has 3 N–H and O–H groups in total. The lowest BCUT2D eigenvalue weighted by Gasteiger charge is -2.49. The van der Waals surface area contributed by atoms with Crippen molar-refractivity contribution >= 4 is 0 Å². The van der Waals surface area contributed by atoms with Crippen LogP contribution < -0.4 is 5.32 Å². The molecule has 4 nitrogen and oxygen atoms in total. The van der Waals surface area contributed by atoms with Crippen molar-refractivity contribution in [2.45, 2.75) is 78.0 Å². The number of ether oxygens (including phenoxy) is 1. The molecule has 0 amide bonds. The first kappa shape index (κ1) is 18.9. The predicted molar refractivity (Wildman–Crippen MR) is 86.3 cm³/mol. The largest absolute Gasteiger partial charge is 0.392 e. The summed E-state index contributed by atoms with van der Waals surface area (Å²) in [7, 11) is 0. The van der Waals surface area contributed by atoms with Gasteiger partial charge in [0.15, 0.2) is 0 Å². The van der Waals surface area contributed by atoms with E-state index in [2.05, 4.69) is 33.0 Å². The van der Waals surface area contributed by atoms with Crippen molar-refractivity contribution in [3.05, 3.63) is 0 Å². The molecule has 0 saturated heterocycles. The van der Waals surface area contributed by atoms with Gasteiger partial charge in [-0.2, -0.15) is 0 Å². The highest BCUT2D eigenvalue weighted by Gasteiger charge is 2.46. The molecule has 0 aromatic rings. The van der Waals surface area contributed by atoms with E-state index in [1.807, 2.05) is 0 Å². The molecule has 0 bridgehead atoms. The number of aliphatic hydroxyl groups excluding tert-OH is 2. The van der Waals surface area contributed by atoms with Crippen LogP contribution in [0.3, 0.4) is 0 Å². The van der Waals surface area contributed by atoms with E-state index in [-0.39, 0.29) is 17.6 Å². The molecule has 1 saturated carbocycles. The second kappa shape index (κ2) is 9.09. The van der Waals surface area contributed by atoms with Crippen molar-refractivity contribution < 1.29 is 14.9 Å². The van der Waals surface area contributed by atoms with E-state index < -0.39 is 6.10 Å². The summed E-state index contributed by atoms with van der Waals surface area (Å²) < 4.78 is 5.66. The first-order valence-electron chi connectivity index (χ1n) is 8.59. The van der Waals surface area contributed by atoms with Crippen molar-refractivity contribution in [1.29, 1.82) is 0 Å². The third-order valence-corrected chi connectivity index (χ3v) is 5.02. The van der Waals surface area contributed by atoms with Gasteiger partial charge in [0, 0.05) is 24.6 Å². The van der Waals surface area contributed by atoms with E-state index in [1.165, 1.54) is 19.3 Å². The fraction of sp³-hybridized carbons (Fsp3) is 1.00. The van der Waals surface area contributed by atoms with Crippen LogP contribution in [0.25, 0.3) is 0 Å². The normalized spacial score (nSPS) is 27.1. The zero-order chi connectivity index (χ0) is 15.9. The van der Waals surface area contributed by atoms with Gasteiger partial charge in [-0.3, -0.25) is 0 Å². The Morgan fingerprint density at radius 2 is 2.00 bits per heavy atom. The zero-order valence-electron chi connectivity index (χ0n) is 14.3. The van der Waals surface area contributed by atoms with Crippen LogP contribution in [0.15, 0.2) is 0 Å². The minimum atomic E-state index is -0.470. The average molecular weight is 301 g/mol. The van der Waals surface area contributed by atoms with Gasteiger partial charge >= 0.3 is 0 Å². The maximum atomic E-state index is 9.97. The topological polar surface area (TPSA) is 61.7 Å². The molecule has 4 atom stereocenters. The summed E-state index contributed by atoms with van der Waals surface area (Å²) in [6.07, 6.45) is 4.92. The van der Waals surface area contributed by atoms with Gasteiger partial charge in [0.1, 0.15) is 0 Å². The first-order valence-corrected chi connectivity index (χ1v) is 8.59. The van der Waals surface area contributed by atoms with Gasteiger partial charge in [-0.05, 0) is 18.8 Å². The Hall–Kier alpha value is -0.160. The Balaban J connectivity index is 2.10. The molecule has 0 aromatic heterocycles. The molecule has 1 aliphatic rings. The molecule has 21 heavy (non-hydrogen) atoms. The van der Waals surface area contributed by atoms with Gasteiger partial charge in [-0.1, -0.05) is 47.0 Å². The highest BCUT2D eigenvalue weighted by Crippen LogP contribution is 2.40. The van der Waals surface area contributed by atoms with Crippen LogP contribution in [-0.2, 0) is 4.74 Å². The summed E-state index contributed by atoms with van der Waals surface area (Å²) in [6.45, 7) is 10.2. The van der Waals surface area contributed by atoms with E-state index in [0.29, 0.717) is 19.1 Å². The van der Waals surface area contributed by atoms with Gasteiger partial charge in [0.25, 0.3) is 0 Å². The van der Waals surface area contributed by atoms with Gasteiger partial charge in [-0.15, -0.1) is 0 Å². The molecule has 126 valence electrons. The van der Waals surface area contributed by atoms with Crippen LogP contribution in [0.1, 0.15) is 59.8 Å². The van der Waals surface area contributed by atoms with Crippen molar-refractivity contribution in [2.24, 2.45) is 11.3 Å². The van der Waals surface area contributed by atoms with Crippen LogP contribution in [0, 0.1) is 11.3 Å². The van der Waals surface area contributed by atoms with Crippen molar-refractivity contribution in [3.8, 4) is 0 Å². The summed E-state index contributed by atoms with van der Waals surface area (Å²) in [4.78, 5) is 0. The molecule has 0 radical (unpaired) electrons. The van der Waals surface area contributed by atoms with E-state index >= 15 is 0 Å². The van der Waals surface area contributed by atoms with Gasteiger partial charge in [0.2, 0.25) is 0 Å². The Morgan fingerprint density at radius 1 is 1.29 bits per heavy atom. The second-order valence-electron chi connectivity index (χ2n) is 7.14. The zero-order valence-corrected chi connectivity index (χ0v) is 14.3. The first-order chi connectivity index (χ1) is 9.91. The van der Waals surface area contributed by atoms with Crippen LogP contribution in [-0.4, -0.2) is 48.2 Å². The third kappa shape index (κ3) is 5.85. The molecule has 0 aromatic carbocycles. The second-order valence-corrected chi connectivity index (χ2v) is 7.14. The van der Waals surface area contributed by atoms with Crippen molar-refractivity contribution in [2.75, 3.05) is 19.8 Å². The lowest BCUT2D eigenvalue weighted by molar-refractivity contribution is -0.0770. The van der Waals surface area contributed by atoms with E-state index in [4.69, 9.17) is 4.74 Å². The molecular weight excluding hydrogens is 266 g/mol. The highest BCUT2D eigenvalue weighted by atomic mass is 16.5. The minimum Gasteiger partial charge on any atom is -0.392 e. The van der Waals surface area contributed by atoms with Crippen molar-refractivity contribution in [1.82, 2.24) is 5.32 Å². The van der Waals surface area contributed by atoms with Gasteiger partial charge in [0.05, 0.1) is 18.8 Å². The fourth-order valence-electron chi connectivity index (χ4n) is 2.85. The van der Waals surface area contributed by atoms with Crippen molar-refractivity contribution in [3.63, 3.8) is 0 Å². The molecule has 4 heteroatoms. The smallest absolute Gasteiger partial charge is 0.0897 e. The molecule has 1 rings (SSSR count). The van der Waals surface area contributed by atoms with Crippen LogP contribution >= 0.6 is 0 Å². The number of unbranched alkanes of at least 4 members (excludes halogenated alkanes) is 1. The quantitative estimate of drug-likeness (QED) is 0.548. The fourth-order valence-corrected chi connectivity index (χ4v) is 2.85. The van der Waals surface area contributed by atoms with E-state index in [1.54, 1.807) is 0 Å². The lowest BCUT2D eigenvalue weighted by Crippen LogP contribution is -2.61. The number of hydrogen-bond acceptors (Lipinski definition) is 4. The number of nitrogens with one attached hydrogen (secondary N) is 1. The van der Waals surface area contributed by atoms with E-state index in [0.717, 1.165) is 19.4 Å². The molecule has 1 fully saturated rings. The molecule has 0 heterocycles. The molecule has 4 unspecified atom stereocenters. The predicted octanol–water partition coefficient (Wildman–Crippen LogP) is 2.33. The molecular formula is C17H35NO3. The summed E-state index contributed by atoms with van der Waals surface area (Å²) >= 11 is 0. The number of hydrogen-bond donors (Lipinski definition) is 3. The highest BCUT2D eigenvalue weighted by molar-refractivity contribution is 5.01. The van der Waals surface area contributed by atoms with Crippen LogP contribution in [0.5, 0.6) is 0 Å². The van der Waals surface area contributed by atoms with Crippen LogP contribution in [0.4, 0.5) is 0 Å². The maximum Gasteiger partial charge on any atom is 0.0897 e. The van der Waals surface area contributed by atoms with Gasteiger partial charge < -0.3 is 20.3 Å². The van der Waals surface area contributed by atoms with Crippen LogP contribution in [0.2, 0.25) is 0 Å².